The third-order valence-electron chi connectivity index (χ3n) is 2.58. The van der Waals surface area contributed by atoms with E-state index in [1.54, 1.807) is 51.5 Å². The van der Waals surface area contributed by atoms with E-state index in [9.17, 15) is 4.79 Å². The van der Waals surface area contributed by atoms with E-state index in [0.717, 1.165) is 0 Å². The number of methoxy groups -OCH3 is 2. The summed E-state index contributed by atoms with van der Waals surface area (Å²) in [7, 11) is 3.08. The highest BCUT2D eigenvalue weighted by molar-refractivity contribution is 6.07. The van der Waals surface area contributed by atoms with Gasteiger partial charge in [0.2, 0.25) is 5.78 Å². The molecule has 94 valence electrons. The van der Waals surface area contributed by atoms with Gasteiger partial charge in [-0.2, -0.15) is 0 Å². The van der Waals surface area contributed by atoms with Crippen molar-refractivity contribution in [3.63, 3.8) is 0 Å². The molecule has 2 rings (SSSR count). The lowest BCUT2D eigenvalue weighted by Crippen LogP contribution is -2.01. The molecule has 0 amide bonds. The SMILES string of the molecule is COc1cc(OC)cc(C(=O)c2ccc(C)o2)c1. The summed E-state index contributed by atoms with van der Waals surface area (Å²) in [5, 5.41) is 0. The van der Waals surface area contributed by atoms with Gasteiger partial charge in [0, 0.05) is 11.6 Å². The first-order valence-corrected chi connectivity index (χ1v) is 5.48. The monoisotopic (exact) mass is 246 g/mol. The number of rotatable bonds is 4. The lowest BCUT2D eigenvalue weighted by Gasteiger charge is -2.06. The molecule has 4 nitrogen and oxygen atoms in total. The van der Waals surface area contributed by atoms with Crippen LogP contribution in [0.1, 0.15) is 21.9 Å². The number of hydrogen-bond donors (Lipinski definition) is 0. The van der Waals surface area contributed by atoms with E-state index < -0.39 is 0 Å². The molecule has 4 heteroatoms. The van der Waals surface area contributed by atoms with E-state index in [1.165, 1.54) is 0 Å². The molecular formula is C14H14O4. The zero-order valence-corrected chi connectivity index (χ0v) is 10.5. The summed E-state index contributed by atoms with van der Waals surface area (Å²) >= 11 is 0. The Kier molecular flexibility index (Phi) is 3.37. The highest BCUT2D eigenvalue weighted by Gasteiger charge is 2.15. The molecular weight excluding hydrogens is 232 g/mol. The predicted molar refractivity (Wildman–Crippen MR) is 66.4 cm³/mol. The number of aryl methyl sites for hydroxylation is 1. The Labute approximate surface area is 105 Å². The molecule has 0 radical (unpaired) electrons. The van der Waals surface area contributed by atoms with E-state index in [2.05, 4.69) is 0 Å². The molecule has 0 fully saturated rings. The van der Waals surface area contributed by atoms with Crippen LogP contribution in [0.5, 0.6) is 11.5 Å². The third kappa shape index (κ3) is 2.37. The van der Waals surface area contributed by atoms with Crippen molar-refractivity contribution in [1.29, 1.82) is 0 Å². The second-order valence-corrected chi connectivity index (χ2v) is 3.84. The largest absolute Gasteiger partial charge is 0.497 e. The molecule has 1 heterocycles. The van der Waals surface area contributed by atoms with E-state index in [0.29, 0.717) is 28.6 Å². The molecule has 0 saturated heterocycles. The van der Waals surface area contributed by atoms with Crippen LogP contribution in [0, 0.1) is 6.92 Å². The molecule has 0 saturated carbocycles. The number of carbonyl (C=O) groups excluding carboxylic acids is 1. The first-order chi connectivity index (χ1) is 8.63. The number of benzene rings is 1. The van der Waals surface area contributed by atoms with Crippen molar-refractivity contribution in [3.05, 3.63) is 47.4 Å². The highest BCUT2D eigenvalue weighted by atomic mass is 16.5. The van der Waals surface area contributed by atoms with Crippen LogP contribution >= 0.6 is 0 Å². The second kappa shape index (κ2) is 4.96. The Bertz CT molecular complexity index is 547. The van der Waals surface area contributed by atoms with Crippen molar-refractivity contribution in [2.45, 2.75) is 6.92 Å². The normalized spacial score (nSPS) is 10.2. The van der Waals surface area contributed by atoms with Crippen molar-refractivity contribution in [3.8, 4) is 11.5 Å². The van der Waals surface area contributed by atoms with Crippen molar-refractivity contribution in [2.75, 3.05) is 14.2 Å². The highest BCUT2D eigenvalue weighted by Crippen LogP contribution is 2.24. The van der Waals surface area contributed by atoms with Crippen LogP contribution in [-0.4, -0.2) is 20.0 Å². The first-order valence-electron chi connectivity index (χ1n) is 5.48. The van der Waals surface area contributed by atoms with Gasteiger partial charge in [0.25, 0.3) is 0 Å². The first kappa shape index (κ1) is 12.2. The summed E-state index contributed by atoms with van der Waals surface area (Å²) < 4.78 is 15.6. The van der Waals surface area contributed by atoms with Crippen LogP contribution in [0.4, 0.5) is 0 Å². The van der Waals surface area contributed by atoms with Gasteiger partial charge in [-0.3, -0.25) is 4.79 Å². The van der Waals surface area contributed by atoms with Gasteiger partial charge in [-0.1, -0.05) is 0 Å². The van der Waals surface area contributed by atoms with Crippen molar-refractivity contribution in [1.82, 2.24) is 0 Å². The predicted octanol–water partition coefficient (Wildman–Crippen LogP) is 2.84. The molecule has 0 aliphatic heterocycles. The van der Waals surface area contributed by atoms with E-state index in [1.807, 2.05) is 0 Å². The second-order valence-electron chi connectivity index (χ2n) is 3.84. The molecule has 0 aliphatic carbocycles. The summed E-state index contributed by atoms with van der Waals surface area (Å²) in [6, 6.07) is 8.43. The summed E-state index contributed by atoms with van der Waals surface area (Å²) in [5.41, 5.74) is 0.473. The minimum absolute atomic E-state index is 0.194. The van der Waals surface area contributed by atoms with E-state index in [4.69, 9.17) is 13.9 Å². The summed E-state index contributed by atoms with van der Waals surface area (Å²) in [6.07, 6.45) is 0. The molecule has 0 N–H and O–H groups in total. The maximum Gasteiger partial charge on any atom is 0.228 e. The van der Waals surface area contributed by atoms with Gasteiger partial charge in [-0.15, -0.1) is 0 Å². The quantitative estimate of drug-likeness (QED) is 0.778. The fourth-order valence-corrected chi connectivity index (χ4v) is 1.64. The smallest absolute Gasteiger partial charge is 0.228 e. The van der Waals surface area contributed by atoms with Gasteiger partial charge in [0.15, 0.2) is 5.76 Å². The fourth-order valence-electron chi connectivity index (χ4n) is 1.64. The average Bonchev–Trinajstić information content (AvgIpc) is 2.83. The Balaban J connectivity index is 2.40. The van der Waals surface area contributed by atoms with Crippen LogP contribution in [-0.2, 0) is 0 Å². The minimum Gasteiger partial charge on any atom is -0.497 e. The average molecular weight is 246 g/mol. The molecule has 1 aromatic heterocycles. The Morgan fingerprint density at radius 3 is 2.11 bits per heavy atom. The van der Waals surface area contributed by atoms with Crippen molar-refractivity contribution >= 4 is 5.78 Å². The lowest BCUT2D eigenvalue weighted by molar-refractivity contribution is 0.101. The Morgan fingerprint density at radius 1 is 1.06 bits per heavy atom. The standard InChI is InChI=1S/C14H14O4/c1-9-4-5-13(18-9)14(15)10-6-11(16-2)8-12(7-10)17-3/h4-8H,1-3H3. The van der Waals surface area contributed by atoms with Gasteiger partial charge < -0.3 is 13.9 Å². The van der Waals surface area contributed by atoms with E-state index in [-0.39, 0.29) is 5.78 Å². The minimum atomic E-state index is -0.194. The van der Waals surface area contributed by atoms with Crippen LogP contribution < -0.4 is 9.47 Å². The van der Waals surface area contributed by atoms with Gasteiger partial charge in [0.1, 0.15) is 17.3 Å². The molecule has 0 bridgehead atoms. The number of furan rings is 1. The molecule has 0 atom stereocenters. The summed E-state index contributed by atoms with van der Waals surface area (Å²) in [6.45, 7) is 1.79. The molecule has 0 spiro atoms. The number of hydrogen-bond acceptors (Lipinski definition) is 4. The molecule has 1 aromatic carbocycles. The van der Waals surface area contributed by atoms with Gasteiger partial charge in [-0.05, 0) is 31.2 Å². The van der Waals surface area contributed by atoms with E-state index >= 15 is 0 Å². The van der Waals surface area contributed by atoms with Crippen LogP contribution in [0.15, 0.2) is 34.7 Å². The molecule has 18 heavy (non-hydrogen) atoms. The number of ketones is 1. The number of carbonyl (C=O) groups is 1. The van der Waals surface area contributed by atoms with Gasteiger partial charge >= 0.3 is 0 Å². The fraction of sp³-hybridized carbons (Fsp3) is 0.214. The lowest BCUT2D eigenvalue weighted by atomic mass is 10.1. The Hall–Kier alpha value is -2.23. The molecule has 0 aliphatic rings. The maximum absolute atomic E-state index is 12.2. The van der Waals surface area contributed by atoms with Crippen molar-refractivity contribution in [2.24, 2.45) is 0 Å². The van der Waals surface area contributed by atoms with Gasteiger partial charge in [-0.25, -0.2) is 0 Å². The zero-order valence-electron chi connectivity index (χ0n) is 10.5. The van der Waals surface area contributed by atoms with Gasteiger partial charge in [0.05, 0.1) is 14.2 Å². The zero-order chi connectivity index (χ0) is 13.1. The molecule has 0 unspecified atom stereocenters. The Morgan fingerprint density at radius 2 is 1.67 bits per heavy atom. The third-order valence-corrected chi connectivity index (χ3v) is 2.58. The summed E-state index contributed by atoms with van der Waals surface area (Å²) in [4.78, 5) is 12.2. The topological polar surface area (TPSA) is 48.7 Å². The summed E-state index contributed by atoms with van der Waals surface area (Å²) in [5.74, 6) is 1.96. The number of ether oxygens (including phenoxy) is 2. The maximum atomic E-state index is 12.2. The van der Waals surface area contributed by atoms with Crippen LogP contribution in [0.2, 0.25) is 0 Å². The van der Waals surface area contributed by atoms with Crippen LogP contribution in [0.25, 0.3) is 0 Å². The van der Waals surface area contributed by atoms with Crippen LogP contribution in [0.3, 0.4) is 0 Å². The molecule has 2 aromatic rings. The van der Waals surface area contributed by atoms with Crippen molar-refractivity contribution < 1.29 is 18.7 Å².